The first-order chi connectivity index (χ1) is 8.20. The summed E-state index contributed by atoms with van der Waals surface area (Å²) in [5, 5.41) is 14.9. The van der Waals surface area contributed by atoms with Crippen LogP contribution in [0.1, 0.15) is 18.9 Å². The normalized spacial score (nSPS) is 10.0. The lowest BCUT2D eigenvalue weighted by Crippen LogP contribution is -2.17. The quantitative estimate of drug-likeness (QED) is 0.794. The first-order valence-corrected chi connectivity index (χ1v) is 6.32. The van der Waals surface area contributed by atoms with E-state index in [1.165, 1.54) is 0 Å². The van der Waals surface area contributed by atoms with E-state index in [0.717, 1.165) is 19.5 Å². The van der Waals surface area contributed by atoms with E-state index < -0.39 is 5.82 Å². The van der Waals surface area contributed by atoms with E-state index in [0.29, 0.717) is 17.8 Å². The fourth-order valence-corrected chi connectivity index (χ4v) is 1.82. The second kappa shape index (κ2) is 7.25. The number of rotatable bonds is 6. The van der Waals surface area contributed by atoms with E-state index in [4.69, 9.17) is 5.26 Å². The van der Waals surface area contributed by atoms with E-state index in [2.05, 4.69) is 26.6 Å². The third kappa shape index (κ3) is 3.99. The van der Waals surface area contributed by atoms with Crippen molar-refractivity contribution in [2.24, 2.45) is 0 Å². The van der Waals surface area contributed by atoms with Crippen LogP contribution >= 0.6 is 15.9 Å². The van der Waals surface area contributed by atoms with E-state index in [9.17, 15) is 4.39 Å². The molecule has 92 valence electrons. The molecule has 1 aromatic rings. The highest BCUT2D eigenvalue weighted by Crippen LogP contribution is 2.26. The van der Waals surface area contributed by atoms with Crippen LogP contribution in [0.3, 0.4) is 0 Å². The Bertz CT molecular complexity index is 415. The number of hydrogen-bond acceptors (Lipinski definition) is 3. The van der Waals surface area contributed by atoms with Gasteiger partial charge in [-0.3, -0.25) is 0 Å². The monoisotopic (exact) mass is 299 g/mol. The molecule has 0 atom stereocenters. The van der Waals surface area contributed by atoms with Gasteiger partial charge in [0.1, 0.15) is 6.07 Å². The van der Waals surface area contributed by atoms with Gasteiger partial charge in [-0.2, -0.15) is 5.26 Å². The van der Waals surface area contributed by atoms with Gasteiger partial charge in [-0.1, -0.05) is 6.92 Å². The Balaban J connectivity index is 2.55. The maximum atomic E-state index is 13.7. The van der Waals surface area contributed by atoms with E-state index in [1.54, 1.807) is 12.1 Å². The maximum absolute atomic E-state index is 13.7. The van der Waals surface area contributed by atoms with Crippen molar-refractivity contribution < 1.29 is 4.39 Å². The molecule has 17 heavy (non-hydrogen) atoms. The highest BCUT2D eigenvalue weighted by molar-refractivity contribution is 9.10. The fourth-order valence-electron chi connectivity index (χ4n) is 1.39. The Kier molecular flexibility index (Phi) is 5.95. The average Bonchev–Trinajstić information content (AvgIpc) is 2.34. The number of hydrogen-bond donors (Lipinski definition) is 2. The van der Waals surface area contributed by atoms with Crippen molar-refractivity contribution in [3.05, 3.63) is 28.0 Å². The van der Waals surface area contributed by atoms with Gasteiger partial charge in [-0.15, -0.1) is 0 Å². The lowest BCUT2D eigenvalue weighted by Gasteiger charge is -2.09. The highest BCUT2D eigenvalue weighted by atomic mass is 79.9. The summed E-state index contributed by atoms with van der Waals surface area (Å²) in [7, 11) is 0. The summed E-state index contributed by atoms with van der Waals surface area (Å²) in [4.78, 5) is 0. The molecule has 0 aliphatic carbocycles. The lowest BCUT2D eigenvalue weighted by molar-refractivity contribution is 0.621. The number of nitrogens with zero attached hydrogens (tertiary/aromatic N) is 1. The van der Waals surface area contributed by atoms with Gasteiger partial charge in [0.25, 0.3) is 0 Å². The van der Waals surface area contributed by atoms with Crippen molar-refractivity contribution in [2.45, 2.75) is 13.3 Å². The third-order valence-electron chi connectivity index (χ3n) is 2.30. The lowest BCUT2D eigenvalue weighted by atomic mass is 10.2. The molecule has 0 fully saturated rings. The number of nitrogens with one attached hydrogen (secondary N) is 2. The van der Waals surface area contributed by atoms with Gasteiger partial charge < -0.3 is 10.6 Å². The van der Waals surface area contributed by atoms with Crippen LogP contribution in [0.15, 0.2) is 16.6 Å². The molecule has 3 nitrogen and oxygen atoms in total. The zero-order valence-electron chi connectivity index (χ0n) is 9.69. The van der Waals surface area contributed by atoms with Crippen molar-refractivity contribution in [3.63, 3.8) is 0 Å². The molecule has 0 saturated carbocycles. The first kappa shape index (κ1) is 13.9. The molecular weight excluding hydrogens is 285 g/mol. The molecule has 0 amide bonds. The standard InChI is InChI=1S/C12H15BrFN3/c1-2-16-6-3-7-17-10-5-4-9(8-15)11(13)12(10)14/h4-5,16-17H,2-3,6-7H2,1H3. The molecule has 0 aromatic heterocycles. The molecule has 2 N–H and O–H groups in total. The minimum absolute atomic E-state index is 0.219. The van der Waals surface area contributed by atoms with Gasteiger partial charge in [0.15, 0.2) is 5.82 Å². The van der Waals surface area contributed by atoms with E-state index in [1.807, 2.05) is 13.0 Å². The van der Waals surface area contributed by atoms with Crippen LogP contribution in [0.4, 0.5) is 10.1 Å². The van der Waals surface area contributed by atoms with Crippen molar-refractivity contribution in [2.75, 3.05) is 25.0 Å². The third-order valence-corrected chi connectivity index (χ3v) is 3.07. The van der Waals surface area contributed by atoms with Crippen molar-refractivity contribution in [1.82, 2.24) is 5.32 Å². The van der Waals surface area contributed by atoms with Crippen molar-refractivity contribution >= 4 is 21.6 Å². The molecular formula is C12H15BrFN3. The Hall–Kier alpha value is -1.12. The van der Waals surface area contributed by atoms with Gasteiger partial charge >= 0.3 is 0 Å². The fraction of sp³-hybridized carbons (Fsp3) is 0.417. The van der Waals surface area contributed by atoms with E-state index in [-0.39, 0.29) is 4.47 Å². The zero-order chi connectivity index (χ0) is 12.7. The summed E-state index contributed by atoms with van der Waals surface area (Å²) in [6, 6.07) is 5.11. The Morgan fingerprint density at radius 2 is 2.18 bits per heavy atom. The summed E-state index contributed by atoms with van der Waals surface area (Å²) in [6.07, 6.45) is 0.922. The Morgan fingerprint density at radius 1 is 1.41 bits per heavy atom. The second-order valence-corrected chi connectivity index (χ2v) is 4.33. The van der Waals surface area contributed by atoms with Crippen LogP contribution in [0.2, 0.25) is 0 Å². The molecule has 1 rings (SSSR count). The molecule has 0 aliphatic heterocycles. The Morgan fingerprint density at radius 3 is 2.82 bits per heavy atom. The van der Waals surface area contributed by atoms with Crippen molar-refractivity contribution in [1.29, 1.82) is 5.26 Å². The van der Waals surface area contributed by atoms with Gasteiger partial charge in [0, 0.05) is 6.54 Å². The summed E-state index contributed by atoms with van der Waals surface area (Å²) in [5.41, 5.74) is 0.730. The van der Waals surface area contributed by atoms with Crippen LogP contribution in [-0.2, 0) is 0 Å². The minimum atomic E-state index is -0.410. The Labute approximate surface area is 109 Å². The summed E-state index contributed by atoms with van der Waals surface area (Å²) >= 11 is 3.08. The van der Waals surface area contributed by atoms with Gasteiger partial charge in [0.2, 0.25) is 0 Å². The van der Waals surface area contributed by atoms with Crippen LogP contribution in [0.5, 0.6) is 0 Å². The number of benzene rings is 1. The average molecular weight is 300 g/mol. The zero-order valence-corrected chi connectivity index (χ0v) is 11.3. The number of nitriles is 1. The summed E-state index contributed by atoms with van der Waals surface area (Å²) in [6.45, 7) is 4.59. The molecule has 0 heterocycles. The van der Waals surface area contributed by atoms with Crippen LogP contribution < -0.4 is 10.6 Å². The molecule has 0 bridgehead atoms. The molecule has 1 aromatic carbocycles. The van der Waals surface area contributed by atoms with Crippen molar-refractivity contribution in [3.8, 4) is 6.07 Å². The molecule has 0 spiro atoms. The predicted molar refractivity (Wildman–Crippen MR) is 70.5 cm³/mol. The number of anilines is 1. The molecule has 0 radical (unpaired) electrons. The predicted octanol–water partition coefficient (Wildman–Crippen LogP) is 2.87. The number of halogens is 2. The maximum Gasteiger partial charge on any atom is 0.161 e. The molecule has 0 unspecified atom stereocenters. The largest absolute Gasteiger partial charge is 0.383 e. The topological polar surface area (TPSA) is 47.8 Å². The molecule has 0 saturated heterocycles. The first-order valence-electron chi connectivity index (χ1n) is 5.53. The second-order valence-electron chi connectivity index (χ2n) is 3.53. The van der Waals surface area contributed by atoms with Crippen LogP contribution in [-0.4, -0.2) is 19.6 Å². The SMILES string of the molecule is CCNCCCNc1ccc(C#N)c(Br)c1F. The van der Waals surface area contributed by atoms with Crippen LogP contribution in [0.25, 0.3) is 0 Å². The summed E-state index contributed by atoms with van der Waals surface area (Å²) < 4.78 is 14.0. The smallest absolute Gasteiger partial charge is 0.161 e. The molecule has 0 aliphatic rings. The van der Waals surface area contributed by atoms with Gasteiger partial charge in [-0.05, 0) is 47.6 Å². The summed E-state index contributed by atoms with van der Waals surface area (Å²) in [5.74, 6) is -0.410. The van der Waals surface area contributed by atoms with Gasteiger partial charge in [0.05, 0.1) is 15.7 Å². The molecule has 5 heteroatoms. The minimum Gasteiger partial charge on any atom is -0.383 e. The van der Waals surface area contributed by atoms with Crippen LogP contribution in [0, 0.1) is 17.1 Å². The van der Waals surface area contributed by atoms with E-state index >= 15 is 0 Å². The van der Waals surface area contributed by atoms with Gasteiger partial charge in [-0.25, -0.2) is 4.39 Å². The highest BCUT2D eigenvalue weighted by Gasteiger charge is 2.10.